The van der Waals surface area contributed by atoms with Gasteiger partial charge in [-0.25, -0.2) is 0 Å². The Morgan fingerprint density at radius 3 is 2.50 bits per heavy atom. The molecule has 0 unspecified atom stereocenters. The molecule has 2 N–H and O–H groups in total. The van der Waals surface area contributed by atoms with Crippen LogP contribution < -0.4 is 5.73 Å². The van der Waals surface area contributed by atoms with Gasteiger partial charge in [-0.05, 0) is 45.1 Å². The van der Waals surface area contributed by atoms with Gasteiger partial charge in [0.05, 0.1) is 0 Å². The number of nitrogens with two attached hydrogens (primary N) is 1. The quantitative estimate of drug-likeness (QED) is 0.679. The van der Waals surface area contributed by atoms with Crippen LogP contribution in [0.2, 0.25) is 0 Å². The number of likely N-dealkylation sites (N-methyl/N-ethyl adjacent to an activating group) is 1. The maximum atomic E-state index is 6.09. The molecule has 0 aromatic heterocycles. The fraction of sp³-hybridized carbons (Fsp3) is 1.00. The van der Waals surface area contributed by atoms with Gasteiger partial charge in [0.2, 0.25) is 0 Å². The molecule has 1 aliphatic carbocycles. The molecule has 0 aromatic rings. The lowest BCUT2D eigenvalue weighted by Gasteiger charge is -2.46. The summed E-state index contributed by atoms with van der Waals surface area (Å²) in [7, 11) is 4.01. The Hall–Kier alpha value is -0.120. The number of hydrogen-bond donors (Lipinski definition) is 1. The molecule has 3 nitrogen and oxygen atoms in total. The van der Waals surface area contributed by atoms with Gasteiger partial charge in [-0.2, -0.15) is 0 Å². The lowest BCUT2D eigenvalue weighted by atomic mass is 9.74. The number of hydrogen-bond acceptors (Lipinski definition) is 3. The van der Waals surface area contributed by atoms with Crippen molar-refractivity contribution in [2.75, 3.05) is 33.9 Å². The molecule has 1 aliphatic rings. The Balaban J connectivity index is 2.43. The Kier molecular flexibility index (Phi) is 7.20. The van der Waals surface area contributed by atoms with Crippen LogP contribution in [0.5, 0.6) is 0 Å². The first-order valence-corrected chi connectivity index (χ1v) is 7.58. The highest BCUT2D eigenvalue weighted by Crippen LogP contribution is 2.37. The van der Waals surface area contributed by atoms with Gasteiger partial charge in [-0.15, -0.1) is 0 Å². The van der Waals surface area contributed by atoms with E-state index in [0.29, 0.717) is 0 Å². The Labute approximate surface area is 113 Å². The van der Waals surface area contributed by atoms with Gasteiger partial charge in [-0.3, -0.25) is 4.90 Å². The fourth-order valence-corrected chi connectivity index (χ4v) is 3.34. The molecule has 108 valence electrons. The second-order valence-electron chi connectivity index (χ2n) is 5.93. The maximum absolute atomic E-state index is 6.09. The Morgan fingerprint density at radius 1 is 1.33 bits per heavy atom. The molecular formula is C15H32N2O. The number of ether oxygens (including phenoxy) is 1. The van der Waals surface area contributed by atoms with Crippen LogP contribution in [0.3, 0.4) is 0 Å². The minimum atomic E-state index is 0.262. The van der Waals surface area contributed by atoms with Crippen molar-refractivity contribution in [3.8, 4) is 0 Å². The molecule has 3 heteroatoms. The summed E-state index contributed by atoms with van der Waals surface area (Å²) in [5, 5.41) is 0. The van der Waals surface area contributed by atoms with Crippen molar-refractivity contribution in [3.63, 3.8) is 0 Å². The predicted molar refractivity (Wildman–Crippen MR) is 77.8 cm³/mol. The monoisotopic (exact) mass is 256 g/mol. The van der Waals surface area contributed by atoms with Crippen molar-refractivity contribution in [1.82, 2.24) is 4.90 Å². The molecule has 0 aromatic carbocycles. The van der Waals surface area contributed by atoms with E-state index in [0.717, 1.165) is 32.0 Å². The SMILES string of the molecule is CCCC1CCC(CN)(N(C)CCCOC)CC1. The zero-order valence-electron chi connectivity index (χ0n) is 12.6. The molecule has 0 saturated heterocycles. The van der Waals surface area contributed by atoms with Gasteiger partial charge in [-0.1, -0.05) is 19.8 Å². The molecule has 18 heavy (non-hydrogen) atoms. The summed E-state index contributed by atoms with van der Waals surface area (Å²) in [6.45, 7) is 5.05. The van der Waals surface area contributed by atoms with Crippen molar-refractivity contribution in [3.05, 3.63) is 0 Å². The van der Waals surface area contributed by atoms with Crippen LogP contribution in [0.1, 0.15) is 51.9 Å². The average Bonchev–Trinajstić information content (AvgIpc) is 2.40. The third-order valence-corrected chi connectivity index (χ3v) is 4.76. The minimum Gasteiger partial charge on any atom is -0.385 e. The fourth-order valence-electron chi connectivity index (χ4n) is 3.34. The van der Waals surface area contributed by atoms with Crippen LogP contribution in [0.25, 0.3) is 0 Å². The van der Waals surface area contributed by atoms with E-state index in [1.165, 1.54) is 38.5 Å². The summed E-state index contributed by atoms with van der Waals surface area (Å²) < 4.78 is 5.14. The summed E-state index contributed by atoms with van der Waals surface area (Å²) in [5.41, 5.74) is 6.35. The summed E-state index contributed by atoms with van der Waals surface area (Å²) in [5.74, 6) is 0.946. The van der Waals surface area contributed by atoms with E-state index in [-0.39, 0.29) is 5.54 Å². The molecule has 1 fully saturated rings. The van der Waals surface area contributed by atoms with Crippen LogP contribution in [0.4, 0.5) is 0 Å². The van der Waals surface area contributed by atoms with Crippen LogP contribution in [-0.4, -0.2) is 44.3 Å². The second kappa shape index (κ2) is 8.13. The van der Waals surface area contributed by atoms with Gasteiger partial charge in [0, 0.05) is 32.3 Å². The van der Waals surface area contributed by atoms with Crippen molar-refractivity contribution in [2.24, 2.45) is 11.7 Å². The lowest BCUT2D eigenvalue weighted by molar-refractivity contribution is 0.0552. The molecule has 0 heterocycles. The zero-order valence-corrected chi connectivity index (χ0v) is 12.6. The average molecular weight is 256 g/mol. The second-order valence-corrected chi connectivity index (χ2v) is 5.93. The molecule has 1 saturated carbocycles. The zero-order chi connectivity index (χ0) is 13.4. The first-order valence-electron chi connectivity index (χ1n) is 7.58. The predicted octanol–water partition coefficient (Wildman–Crippen LogP) is 2.64. The largest absolute Gasteiger partial charge is 0.385 e. The van der Waals surface area contributed by atoms with E-state index < -0.39 is 0 Å². The van der Waals surface area contributed by atoms with Crippen molar-refractivity contribution in [2.45, 2.75) is 57.4 Å². The van der Waals surface area contributed by atoms with E-state index in [1.807, 2.05) is 0 Å². The molecule has 0 spiro atoms. The number of nitrogens with zero attached hydrogens (tertiary/aromatic N) is 1. The highest BCUT2D eigenvalue weighted by atomic mass is 16.5. The van der Waals surface area contributed by atoms with Crippen molar-refractivity contribution >= 4 is 0 Å². The van der Waals surface area contributed by atoms with Crippen molar-refractivity contribution in [1.29, 1.82) is 0 Å². The molecule has 0 amide bonds. The molecule has 0 radical (unpaired) electrons. The number of methoxy groups -OCH3 is 1. The first kappa shape index (κ1) is 15.9. The molecule has 0 atom stereocenters. The molecule has 0 bridgehead atoms. The Morgan fingerprint density at radius 2 is 2.00 bits per heavy atom. The topological polar surface area (TPSA) is 38.5 Å². The molecule has 1 rings (SSSR count). The van der Waals surface area contributed by atoms with Crippen LogP contribution >= 0.6 is 0 Å². The van der Waals surface area contributed by atoms with Crippen LogP contribution in [0.15, 0.2) is 0 Å². The maximum Gasteiger partial charge on any atom is 0.0474 e. The van der Waals surface area contributed by atoms with E-state index in [9.17, 15) is 0 Å². The lowest BCUT2D eigenvalue weighted by Crippen LogP contribution is -2.54. The minimum absolute atomic E-state index is 0.262. The van der Waals surface area contributed by atoms with E-state index >= 15 is 0 Å². The number of rotatable bonds is 8. The summed E-state index contributed by atoms with van der Waals surface area (Å²) in [4.78, 5) is 2.49. The molecule has 0 aliphatic heterocycles. The molecular weight excluding hydrogens is 224 g/mol. The smallest absolute Gasteiger partial charge is 0.0474 e. The van der Waals surface area contributed by atoms with Gasteiger partial charge in [0.1, 0.15) is 0 Å². The van der Waals surface area contributed by atoms with E-state index in [1.54, 1.807) is 7.11 Å². The van der Waals surface area contributed by atoms with Crippen LogP contribution in [0, 0.1) is 5.92 Å². The Bertz CT molecular complexity index is 213. The third-order valence-electron chi connectivity index (χ3n) is 4.76. The third kappa shape index (κ3) is 4.22. The van der Waals surface area contributed by atoms with Gasteiger partial charge >= 0.3 is 0 Å². The van der Waals surface area contributed by atoms with E-state index in [2.05, 4.69) is 18.9 Å². The van der Waals surface area contributed by atoms with E-state index in [4.69, 9.17) is 10.5 Å². The highest BCUT2D eigenvalue weighted by molar-refractivity contribution is 4.94. The summed E-state index contributed by atoms with van der Waals surface area (Å²) >= 11 is 0. The first-order chi connectivity index (χ1) is 8.68. The standard InChI is InChI=1S/C15H32N2O/c1-4-6-14-7-9-15(13-16,10-8-14)17(2)11-5-12-18-3/h14H,4-13,16H2,1-3H3. The summed E-state index contributed by atoms with van der Waals surface area (Å²) in [6.07, 6.45) is 9.10. The van der Waals surface area contributed by atoms with Crippen molar-refractivity contribution < 1.29 is 4.74 Å². The highest BCUT2D eigenvalue weighted by Gasteiger charge is 2.36. The van der Waals surface area contributed by atoms with Crippen LogP contribution in [-0.2, 0) is 4.74 Å². The van der Waals surface area contributed by atoms with Gasteiger partial charge in [0.25, 0.3) is 0 Å². The van der Waals surface area contributed by atoms with Gasteiger partial charge in [0.15, 0.2) is 0 Å². The normalized spacial score (nSPS) is 28.8. The van der Waals surface area contributed by atoms with Gasteiger partial charge < -0.3 is 10.5 Å². The summed E-state index contributed by atoms with van der Waals surface area (Å²) in [6, 6.07) is 0.